The SMILES string of the molecule is COC(=O)C1CCCN1CC(C)C(N)=O. The summed E-state index contributed by atoms with van der Waals surface area (Å²) in [6, 6.07) is -0.197. The number of amides is 1. The molecule has 0 aromatic heterocycles. The first-order valence-electron chi connectivity index (χ1n) is 5.17. The standard InChI is InChI=1S/C10H18N2O3/c1-7(9(11)13)6-12-5-3-4-8(12)10(14)15-2/h7-8H,3-6H2,1-2H3,(H2,11,13). The number of hydrogen-bond donors (Lipinski definition) is 1. The van der Waals surface area contributed by atoms with Crippen LogP contribution in [0.25, 0.3) is 0 Å². The molecule has 0 spiro atoms. The third-order valence-electron chi connectivity index (χ3n) is 2.83. The number of ether oxygens (including phenoxy) is 1. The normalized spacial score (nSPS) is 23.7. The molecule has 1 amide bonds. The van der Waals surface area contributed by atoms with Crippen molar-refractivity contribution in [2.24, 2.45) is 11.7 Å². The van der Waals surface area contributed by atoms with Crippen LogP contribution in [-0.2, 0) is 14.3 Å². The molecule has 2 atom stereocenters. The van der Waals surface area contributed by atoms with Crippen LogP contribution in [-0.4, -0.2) is 43.0 Å². The maximum absolute atomic E-state index is 11.4. The largest absolute Gasteiger partial charge is 0.468 e. The van der Waals surface area contributed by atoms with E-state index in [2.05, 4.69) is 0 Å². The summed E-state index contributed by atoms with van der Waals surface area (Å²) in [5, 5.41) is 0. The Hall–Kier alpha value is -1.10. The molecule has 86 valence electrons. The van der Waals surface area contributed by atoms with Crippen molar-refractivity contribution < 1.29 is 14.3 Å². The van der Waals surface area contributed by atoms with Gasteiger partial charge >= 0.3 is 5.97 Å². The molecule has 1 fully saturated rings. The molecule has 2 N–H and O–H groups in total. The van der Waals surface area contributed by atoms with Crippen LogP contribution >= 0.6 is 0 Å². The Labute approximate surface area is 89.6 Å². The Bertz CT molecular complexity index is 255. The molecule has 0 radical (unpaired) electrons. The van der Waals surface area contributed by atoms with Gasteiger partial charge in [-0.3, -0.25) is 14.5 Å². The van der Waals surface area contributed by atoms with Gasteiger partial charge in [0, 0.05) is 12.5 Å². The Morgan fingerprint density at radius 1 is 1.60 bits per heavy atom. The minimum atomic E-state index is -0.328. The monoisotopic (exact) mass is 214 g/mol. The van der Waals surface area contributed by atoms with Crippen molar-refractivity contribution in [3.63, 3.8) is 0 Å². The van der Waals surface area contributed by atoms with Crippen molar-refractivity contribution in [1.82, 2.24) is 4.90 Å². The number of carbonyl (C=O) groups excluding carboxylic acids is 2. The fraction of sp³-hybridized carbons (Fsp3) is 0.800. The first-order valence-corrected chi connectivity index (χ1v) is 5.17. The van der Waals surface area contributed by atoms with E-state index in [4.69, 9.17) is 10.5 Å². The molecule has 15 heavy (non-hydrogen) atoms. The highest BCUT2D eigenvalue weighted by molar-refractivity contribution is 5.77. The summed E-state index contributed by atoms with van der Waals surface area (Å²) in [6.45, 7) is 3.14. The second-order valence-electron chi connectivity index (χ2n) is 3.98. The molecule has 0 aromatic carbocycles. The van der Waals surface area contributed by atoms with Gasteiger partial charge in [-0.25, -0.2) is 0 Å². The quantitative estimate of drug-likeness (QED) is 0.655. The summed E-state index contributed by atoms with van der Waals surface area (Å²) >= 11 is 0. The average Bonchev–Trinajstić information content (AvgIpc) is 2.64. The van der Waals surface area contributed by atoms with Crippen molar-refractivity contribution >= 4 is 11.9 Å². The molecular formula is C10H18N2O3. The number of carbonyl (C=O) groups is 2. The number of nitrogens with zero attached hydrogens (tertiary/aromatic N) is 1. The Morgan fingerprint density at radius 2 is 2.27 bits per heavy atom. The van der Waals surface area contributed by atoms with Gasteiger partial charge in [-0.05, 0) is 19.4 Å². The molecule has 1 saturated heterocycles. The summed E-state index contributed by atoms with van der Waals surface area (Å²) in [7, 11) is 1.39. The third-order valence-corrected chi connectivity index (χ3v) is 2.83. The van der Waals surface area contributed by atoms with Gasteiger partial charge in [-0.2, -0.15) is 0 Å². The molecule has 0 aliphatic carbocycles. The number of likely N-dealkylation sites (tertiary alicyclic amines) is 1. The van der Waals surface area contributed by atoms with Crippen LogP contribution in [0, 0.1) is 5.92 Å². The number of esters is 1. The highest BCUT2D eigenvalue weighted by Crippen LogP contribution is 2.19. The molecule has 1 aliphatic rings. The van der Waals surface area contributed by atoms with Crippen molar-refractivity contribution in [2.75, 3.05) is 20.2 Å². The van der Waals surface area contributed by atoms with E-state index < -0.39 is 0 Å². The zero-order valence-electron chi connectivity index (χ0n) is 9.23. The number of methoxy groups -OCH3 is 1. The second-order valence-corrected chi connectivity index (χ2v) is 3.98. The summed E-state index contributed by atoms with van der Waals surface area (Å²) in [6.07, 6.45) is 1.77. The van der Waals surface area contributed by atoms with Crippen molar-refractivity contribution in [3.05, 3.63) is 0 Å². The van der Waals surface area contributed by atoms with Crippen LogP contribution in [0.15, 0.2) is 0 Å². The van der Waals surface area contributed by atoms with Crippen LogP contribution in [0.2, 0.25) is 0 Å². The van der Waals surface area contributed by atoms with Gasteiger partial charge in [0.15, 0.2) is 0 Å². The van der Waals surface area contributed by atoms with E-state index in [9.17, 15) is 9.59 Å². The van der Waals surface area contributed by atoms with Gasteiger partial charge in [0.05, 0.1) is 7.11 Å². The van der Waals surface area contributed by atoms with Crippen molar-refractivity contribution in [1.29, 1.82) is 0 Å². The van der Waals surface area contributed by atoms with Gasteiger partial charge in [0.1, 0.15) is 6.04 Å². The van der Waals surface area contributed by atoms with Gasteiger partial charge in [0.25, 0.3) is 0 Å². The highest BCUT2D eigenvalue weighted by Gasteiger charge is 2.32. The van der Waals surface area contributed by atoms with E-state index in [1.807, 2.05) is 4.90 Å². The van der Waals surface area contributed by atoms with Crippen LogP contribution in [0.1, 0.15) is 19.8 Å². The van der Waals surface area contributed by atoms with Crippen molar-refractivity contribution in [2.45, 2.75) is 25.8 Å². The van der Waals surface area contributed by atoms with E-state index in [0.29, 0.717) is 6.54 Å². The lowest BCUT2D eigenvalue weighted by atomic mass is 10.1. The van der Waals surface area contributed by atoms with Crippen molar-refractivity contribution in [3.8, 4) is 0 Å². The van der Waals surface area contributed by atoms with E-state index in [0.717, 1.165) is 19.4 Å². The van der Waals surface area contributed by atoms with E-state index in [1.165, 1.54) is 7.11 Å². The minimum absolute atomic E-state index is 0.197. The zero-order valence-corrected chi connectivity index (χ0v) is 9.23. The van der Waals surface area contributed by atoms with E-state index >= 15 is 0 Å². The molecule has 1 heterocycles. The van der Waals surface area contributed by atoms with Gasteiger partial charge in [-0.15, -0.1) is 0 Å². The number of nitrogens with two attached hydrogens (primary N) is 1. The molecule has 2 unspecified atom stereocenters. The van der Waals surface area contributed by atoms with Crippen LogP contribution in [0.3, 0.4) is 0 Å². The van der Waals surface area contributed by atoms with Gasteiger partial charge in [-0.1, -0.05) is 6.92 Å². The number of rotatable bonds is 4. The number of primary amides is 1. The summed E-state index contributed by atoms with van der Waals surface area (Å²) in [4.78, 5) is 24.3. The Balaban J connectivity index is 2.53. The smallest absolute Gasteiger partial charge is 0.323 e. The predicted molar refractivity (Wildman–Crippen MR) is 55.0 cm³/mol. The molecular weight excluding hydrogens is 196 g/mol. The first kappa shape index (κ1) is 12.0. The molecule has 0 bridgehead atoms. The topological polar surface area (TPSA) is 72.6 Å². The molecule has 1 rings (SSSR count). The number of hydrogen-bond acceptors (Lipinski definition) is 4. The average molecular weight is 214 g/mol. The van der Waals surface area contributed by atoms with E-state index in [-0.39, 0.29) is 23.8 Å². The third kappa shape index (κ3) is 2.92. The first-order chi connectivity index (χ1) is 7.06. The second kappa shape index (κ2) is 5.11. The molecule has 0 aromatic rings. The fourth-order valence-electron chi connectivity index (χ4n) is 1.89. The van der Waals surface area contributed by atoms with Crippen LogP contribution < -0.4 is 5.73 Å². The lowest BCUT2D eigenvalue weighted by Gasteiger charge is -2.24. The van der Waals surface area contributed by atoms with E-state index in [1.54, 1.807) is 6.92 Å². The predicted octanol–water partition coefficient (Wildman–Crippen LogP) is -0.255. The molecule has 5 heteroatoms. The van der Waals surface area contributed by atoms with Gasteiger partial charge < -0.3 is 10.5 Å². The minimum Gasteiger partial charge on any atom is -0.468 e. The fourth-order valence-corrected chi connectivity index (χ4v) is 1.89. The van der Waals surface area contributed by atoms with Crippen LogP contribution in [0.5, 0.6) is 0 Å². The lowest BCUT2D eigenvalue weighted by molar-refractivity contribution is -0.146. The molecule has 0 saturated carbocycles. The molecule has 1 aliphatic heterocycles. The highest BCUT2D eigenvalue weighted by atomic mass is 16.5. The lowest BCUT2D eigenvalue weighted by Crippen LogP contribution is -2.41. The zero-order chi connectivity index (χ0) is 11.4. The summed E-state index contributed by atoms with van der Waals surface area (Å²) in [5.74, 6) is -0.773. The summed E-state index contributed by atoms with van der Waals surface area (Å²) in [5.41, 5.74) is 5.19. The van der Waals surface area contributed by atoms with Gasteiger partial charge in [0.2, 0.25) is 5.91 Å². The maximum atomic E-state index is 11.4. The maximum Gasteiger partial charge on any atom is 0.323 e. The Morgan fingerprint density at radius 3 is 2.80 bits per heavy atom. The summed E-state index contributed by atoms with van der Waals surface area (Å²) < 4.78 is 4.71. The van der Waals surface area contributed by atoms with Crippen LogP contribution in [0.4, 0.5) is 0 Å². The molecule has 5 nitrogen and oxygen atoms in total. The Kier molecular flexibility index (Phi) is 4.08.